The number of hydrogen-bond acceptors (Lipinski definition) is 5. The molecule has 0 aliphatic heterocycles. The number of benzene rings is 1. The number of fused-ring (bicyclic) bond motifs is 1. The fraction of sp³-hybridized carbons (Fsp3) is 0.0526. The average Bonchev–Trinajstić information content (AvgIpc) is 3.08. The van der Waals surface area contributed by atoms with Gasteiger partial charge in [-0.05, 0) is 24.6 Å². The second-order valence-electron chi connectivity index (χ2n) is 5.93. The number of amides is 1. The van der Waals surface area contributed by atoms with Gasteiger partial charge in [-0.2, -0.15) is 0 Å². The first-order valence-corrected chi connectivity index (χ1v) is 8.01. The van der Waals surface area contributed by atoms with Crippen molar-refractivity contribution in [1.82, 2.24) is 19.4 Å². The van der Waals surface area contributed by atoms with Gasteiger partial charge in [-0.25, -0.2) is 9.97 Å². The zero-order valence-electron chi connectivity index (χ0n) is 14.0. The fourth-order valence-corrected chi connectivity index (χ4v) is 2.95. The summed E-state index contributed by atoms with van der Waals surface area (Å²) >= 11 is 0. The summed E-state index contributed by atoms with van der Waals surface area (Å²) in [5.41, 5.74) is 16.3. The van der Waals surface area contributed by atoms with Crippen LogP contribution in [-0.2, 0) is 0 Å². The largest absolute Gasteiger partial charge is 0.369 e. The molecule has 0 radical (unpaired) electrons. The van der Waals surface area contributed by atoms with E-state index in [4.69, 9.17) is 11.5 Å². The van der Waals surface area contributed by atoms with E-state index in [2.05, 4.69) is 15.0 Å². The van der Waals surface area contributed by atoms with Crippen LogP contribution in [0.15, 0.2) is 54.9 Å². The molecule has 0 fully saturated rings. The molecule has 26 heavy (non-hydrogen) atoms. The number of imidazole rings is 1. The van der Waals surface area contributed by atoms with E-state index >= 15 is 0 Å². The predicted octanol–water partition coefficient (Wildman–Crippen LogP) is 2.45. The first kappa shape index (κ1) is 15.8. The van der Waals surface area contributed by atoms with Crippen LogP contribution in [0.5, 0.6) is 0 Å². The van der Waals surface area contributed by atoms with Crippen LogP contribution >= 0.6 is 0 Å². The number of primary amides is 1. The highest BCUT2D eigenvalue weighted by molar-refractivity contribution is 5.95. The molecule has 128 valence electrons. The third-order valence-corrected chi connectivity index (χ3v) is 4.12. The zero-order chi connectivity index (χ0) is 18.3. The maximum atomic E-state index is 11.6. The first-order chi connectivity index (χ1) is 12.5. The monoisotopic (exact) mass is 344 g/mol. The van der Waals surface area contributed by atoms with Crippen LogP contribution in [0.4, 0.5) is 5.95 Å². The highest BCUT2D eigenvalue weighted by Crippen LogP contribution is 2.35. The third-order valence-electron chi connectivity index (χ3n) is 4.12. The predicted molar refractivity (Wildman–Crippen MR) is 99.3 cm³/mol. The van der Waals surface area contributed by atoms with Crippen molar-refractivity contribution in [2.24, 2.45) is 5.73 Å². The summed E-state index contributed by atoms with van der Waals surface area (Å²) < 4.78 is 1.58. The van der Waals surface area contributed by atoms with E-state index in [9.17, 15) is 4.79 Å². The van der Waals surface area contributed by atoms with Gasteiger partial charge in [0.1, 0.15) is 5.69 Å². The normalized spacial score (nSPS) is 11.0. The van der Waals surface area contributed by atoms with Gasteiger partial charge < -0.3 is 11.5 Å². The van der Waals surface area contributed by atoms with Crippen LogP contribution in [0, 0.1) is 6.92 Å². The molecule has 4 rings (SSSR count). The minimum atomic E-state index is -0.619. The molecule has 3 heterocycles. The standard InChI is InChI=1S/C19H16N6O/c1-11-9-13(7-8-22-11)15-16(12-5-3-2-4-6-12)24-19(21)25-10-14(17(20)26)23-18(15)25/h2-10H,1H3,(H2,20,26)(H2,21,24). The molecule has 4 aromatic rings. The van der Waals surface area contributed by atoms with Gasteiger partial charge in [-0.1, -0.05) is 30.3 Å². The van der Waals surface area contributed by atoms with E-state index in [0.717, 1.165) is 22.4 Å². The van der Waals surface area contributed by atoms with Crippen LogP contribution in [-0.4, -0.2) is 25.3 Å². The Balaban J connectivity index is 2.13. The molecule has 0 unspecified atom stereocenters. The molecule has 0 saturated heterocycles. The molecule has 0 spiro atoms. The molecule has 1 amide bonds. The number of anilines is 1. The number of pyridine rings is 1. The van der Waals surface area contributed by atoms with Crippen molar-refractivity contribution in [1.29, 1.82) is 0 Å². The summed E-state index contributed by atoms with van der Waals surface area (Å²) in [4.78, 5) is 24.9. The number of nitrogens with zero attached hydrogens (tertiary/aromatic N) is 4. The summed E-state index contributed by atoms with van der Waals surface area (Å²) in [5.74, 6) is -0.389. The van der Waals surface area contributed by atoms with Gasteiger partial charge in [0.15, 0.2) is 5.65 Å². The Labute approximate surface area is 149 Å². The quantitative estimate of drug-likeness (QED) is 0.593. The Morgan fingerprint density at radius 1 is 1.08 bits per heavy atom. The lowest BCUT2D eigenvalue weighted by molar-refractivity contribution is 0.0996. The lowest BCUT2D eigenvalue weighted by Crippen LogP contribution is -2.10. The van der Waals surface area contributed by atoms with Crippen LogP contribution in [0.2, 0.25) is 0 Å². The molecule has 0 aliphatic rings. The van der Waals surface area contributed by atoms with Crippen molar-refractivity contribution < 1.29 is 4.79 Å². The molecular weight excluding hydrogens is 328 g/mol. The maximum Gasteiger partial charge on any atom is 0.268 e. The van der Waals surface area contributed by atoms with E-state index < -0.39 is 5.91 Å². The van der Waals surface area contributed by atoms with Crippen LogP contribution in [0.1, 0.15) is 16.2 Å². The van der Waals surface area contributed by atoms with E-state index in [0.29, 0.717) is 11.3 Å². The highest BCUT2D eigenvalue weighted by atomic mass is 16.1. The Bertz CT molecular complexity index is 1130. The molecule has 0 bridgehead atoms. The summed E-state index contributed by atoms with van der Waals surface area (Å²) in [6, 6.07) is 13.5. The fourth-order valence-electron chi connectivity index (χ4n) is 2.95. The smallest absolute Gasteiger partial charge is 0.268 e. The minimum Gasteiger partial charge on any atom is -0.369 e. The number of nitrogens with two attached hydrogens (primary N) is 2. The van der Waals surface area contributed by atoms with E-state index in [-0.39, 0.29) is 11.6 Å². The number of hydrogen-bond donors (Lipinski definition) is 2. The summed E-state index contributed by atoms with van der Waals surface area (Å²) in [7, 11) is 0. The Morgan fingerprint density at radius 2 is 1.85 bits per heavy atom. The number of rotatable bonds is 3. The molecule has 0 saturated carbocycles. The summed E-state index contributed by atoms with van der Waals surface area (Å²) in [5, 5.41) is 0. The second-order valence-corrected chi connectivity index (χ2v) is 5.93. The van der Waals surface area contributed by atoms with Crippen LogP contribution in [0.3, 0.4) is 0 Å². The Kier molecular flexibility index (Phi) is 3.62. The van der Waals surface area contributed by atoms with Crippen LogP contribution in [0.25, 0.3) is 28.0 Å². The topological polar surface area (TPSA) is 112 Å². The lowest BCUT2D eigenvalue weighted by atomic mass is 10.0. The van der Waals surface area contributed by atoms with Crippen molar-refractivity contribution in [2.75, 3.05) is 5.73 Å². The zero-order valence-corrected chi connectivity index (χ0v) is 14.0. The molecule has 3 aromatic heterocycles. The lowest BCUT2D eigenvalue weighted by Gasteiger charge is -2.13. The molecule has 1 aromatic carbocycles. The van der Waals surface area contributed by atoms with E-state index in [1.807, 2.05) is 49.4 Å². The number of nitrogen functional groups attached to an aromatic ring is 1. The number of aryl methyl sites for hydroxylation is 1. The second kappa shape index (κ2) is 5.96. The summed E-state index contributed by atoms with van der Waals surface area (Å²) in [6.45, 7) is 1.91. The van der Waals surface area contributed by atoms with Crippen molar-refractivity contribution in [3.8, 4) is 22.4 Å². The van der Waals surface area contributed by atoms with Gasteiger partial charge in [0.25, 0.3) is 5.91 Å². The third kappa shape index (κ3) is 2.55. The van der Waals surface area contributed by atoms with Gasteiger partial charge in [-0.3, -0.25) is 14.2 Å². The highest BCUT2D eigenvalue weighted by Gasteiger charge is 2.20. The summed E-state index contributed by atoms with van der Waals surface area (Å²) in [6.07, 6.45) is 3.23. The van der Waals surface area contributed by atoms with Crippen molar-refractivity contribution in [2.45, 2.75) is 6.92 Å². The number of aromatic nitrogens is 4. The molecule has 0 aliphatic carbocycles. The minimum absolute atomic E-state index is 0.135. The SMILES string of the molecule is Cc1cc(-c2c(-c3ccccc3)nc(N)n3cc(C(N)=O)nc23)ccn1. The number of carbonyl (C=O) groups excluding carboxylic acids is 1. The molecule has 7 heteroatoms. The maximum absolute atomic E-state index is 11.6. The average molecular weight is 344 g/mol. The molecular formula is C19H16N6O. The number of carbonyl (C=O) groups is 1. The van der Waals surface area contributed by atoms with Crippen LogP contribution < -0.4 is 11.5 Å². The first-order valence-electron chi connectivity index (χ1n) is 8.01. The van der Waals surface area contributed by atoms with Crippen molar-refractivity contribution in [3.63, 3.8) is 0 Å². The Hall–Kier alpha value is -3.74. The molecule has 0 atom stereocenters. The Morgan fingerprint density at radius 3 is 2.54 bits per heavy atom. The van der Waals surface area contributed by atoms with Gasteiger partial charge in [-0.15, -0.1) is 0 Å². The van der Waals surface area contributed by atoms with Gasteiger partial charge in [0, 0.05) is 23.7 Å². The van der Waals surface area contributed by atoms with Crippen molar-refractivity contribution >= 4 is 17.5 Å². The van der Waals surface area contributed by atoms with E-state index in [1.54, 1.807) is 10.6 Å². The van der Waals surface area contributed by atoms with Gasteiger partial charge >= 0.3 is 0 Å². The van der Waals surface area contributed by atoms with Gasteiger partial charge in [0.2, 0.25) is 5.95 Å². The molecule has 4 N–H and O–H groups in total. The van der Waals surface area contributed by atoms with Gasteiger partial charge in [0.05, 0.1) is 11.3 Å². The molecule has 7 nitrogen and oxygen atoms in total. The van der Waals surface area contributed by atoms with E-state index in [1.165, 1.54) is 6.20 Å². The van der Waals surface area contributed by atoms with Crippen molar-refractivity contribution in [3.05, 3.63) is 66.2 Å².